The van der Waals surface area contributed by atoms with Crippen LogP contribution in [0.2, 0.25) is 5.02 Å². The Morgan fingerprint density at radius 2 is 1.59 bits per heavy atom. The standard InChI is InChI=1S/C22H18ClN3O3/c23-19-6-2-1-4-17(19)20(27)24-15-9-11-16(12-10-15)26-13-3-5-18(22(26)29)21(28)25-14-7-8-14/h1-6,9-14H,7-8H2,(H,24,27)(H,25,28). The maximum atomic E-state index is 12.7. The van der Waals surface area contributed by atoms with Crippen molar-refractivity contribution in [3.63, 3.8) is 0 Å². The van der Waals surface area contributed by atoms with Gasteiger partial charge >= 0.3 is 0 Å². The van der Waals surface area contributed by atoms with Crippen LogP contribution in [0.25, 0.3) is 5.69 Å². The Hall–Kier alpha value is -3.38. The first-order valence-corrected chi connectivity index (χ1v) is 9.59. The van der Waals surface area contributed by atoms with Crippen molar-refractivity contribution in [1.82, 2.24) is 9.88 Å². The molecular formula is C22H18ClN3O3. The van der Waals surface area contributed by atoms with Gasteiger partial charge in [0.05, 0.1) is 10.6 Å². The van der Waals surface area contributed by atoms with Crippen LogP contribution in [0.1, 0.15) is 33.6 Å². The highest BCUT2D eigenvalue weighted by atomic mass is 35.5. The third-order valence-electron chi connectivity index (χ3n) is 4.63. The molecule has 7 heteroatoms. The van der Waals surface area contributed by atoms with Gasteiger partial charge in [0.1, 0.15) is 5.56 Å². The van der Waals surface area contributed by atoms with E-state index in [0.717, 1.165) is 12.8 Å². The van der Waals surface area contributed by atoms with Crippen LogP contribution in [0.4, 0.5) is 5.69 Å². The fourth-order valence-electron chi connectivity index (χ4n) is 2.91. The van der Waals surface area contributed by atoms with E-state index in [2.05, 4.69) is 10.6 Å². The number of nitrogens with zero attached hydrogens (tertiary/aromatic N) is 1. The molecule has 2 aromatic carbocycles. The second-order valence-corrected chi connectivity index (χ2v) is 7.23. The lowest BCUT2D eigenvalue weighted by Crippen LogP contribution is -2.33. The van der Waals surface area contributed by atoms with Gasteiger partial charge in [-0.3, -0.25) is 19.0 Å². The number of carbonyl (C=O) groups excluding carboxylic acids is 2. The average Bonchev–Trinajstić information content (AvgIpc) is 3.53. The van der Waals surface area contributed by atoms with E-state index in [9.17, 15) is 14.4 Å². The molecule has 0 bridgehead atoms. The number of rotatable bonds is 5. The first kappa shape index (κ1) is 19.0. The Morgan fingerprint density at radius 3 is 2.28 bits per heavy atom. The number of anilines is 1. The van der Waals surface area contributed by atoms with Crippen LogP contribution >= 0.6 is 11.6 Å². The molecule has 0 radical (unpaired) electrons. The first-order chi connectivity index (χ1) is 14.0. The van der Waals surface area contributed by atoms with Crippen LogP contribution in [0.15, 0.2) is 71.7 Å². The zero-order chi connectivity index (χ0) is 20.4. The molecule has 1 aromatic heterocycles. The molecule has 6 nitrogen and oxygen atoms in total. The molecule has 1 heterocycles. The van der Waals surface area contributed by atoms with Crippen molar-refractivity contribution in [2.75, 3.05) is 5.32 Å². The highest BCUT2D eigenvalue weighted by molar-refractivity contribution is 6.34. The van der Waals surface area contributed by atoms with Gasteiger partial charge in [-0.1, -0.05) is 23.7 Å². The summed E-state index contributed by atoms with van der Waals surface area (Å²) in [5.74, 6) is -0.672. The van der Waals surface area contributed by atoms with Crippen LogP contribution in [0.5, 0.6) is 0 Å². The SMILES string of the molecule is O=C(Nc1ccc(-n2cccc(C(=O)NC3CC3)c2=O)cc1)c1ccccc1Cl. The molecule has 0 spiro atoms. The number of amides is 2. The summed E-state index contributed by atoms with van der Waals surface area (Å²) in [7, 11) is 0. The van der Waals surface area contributed by atoms with Crippen LogP contribution < -0.4 is 16.2 Å². The van der Waals surface area contributed by atoms with Crippen LogP contribution in [-0.2, 0) is 0 Å². The van der Waals surface area contributed by atoms with Crippen molar-refractivity contribution in [2.45, 2.75) is 18.9 Å². The van der Waals surface area contributed by atoms with E-state index >= 15 is 0 Å². The molecule has 0 atom stereocenters. The summed E-state index contributed by atoms with van der Waals surface area (Å²) in [4.78, 5) is 37.3. The first-order valence-electron chi connectivity index (χ1n) is 9.22. The smallest absolute Gasteiger partial charge is 0.267 e. The van der Waals surface area contributed by atoms with Crippen molar-refractivity contribution in [3.05, 3.63) is 93.4 Å². The zero-order valence-corrected chi connectivity index (χ0v) is 16.1. The Morgan fingerprint density at radius 1 is 0.897 bits per heavy atom. The minimum atomic E-state index is -0.390. The molecule has 1 fully saturated rings. The summed E-state index contributed by atoms with van der Waals surface area (Å²) in [6.45, 7) is 0. The Bertz CT molecular complexity index is 1130. The number of hydrogen-bond donors (Lipinski definition) is 2. The summed E-state index contributed by atoms with van der Waals surface area (Å²) in [5, 5.41) is 5.98. The van der Waals surface area contributed by atoms with Gasteiger partial charge in [0.15, 0.2) is 0 Å². The summed E-state index contributed by atoms with van der Waals surface area (Å²) in [6.07, 6.45) is 3.51. The van der Waals surface area contributed by atoms with E-state index in [4.69, 9.17) is 11.6 Å². The number of hydrogen-bond acceptors (Lipinski definition) is 3. The zero-order valence-electron chi connectivity index (χ0n) is 15.4. The number of aromatic nitrogens is 1. The number of pyridine rings is 1. The van der Waals surface area contributed by atoms with Crippen molar-refractivity contribution in [2.24, 2.45) is 0 Å². The largest absolute Gasteiger partial charge is 0.349 e. The maximum Gasteiger partial charge on any atom is 0.267 e. The number of benzene rings is 2. The summed E-state index contributed by atoms with van der Waals surface area (Å²) in [5.41, 5.74) is 1.25. The second-order valence-electron chi connectivity index (χ2n) is 6.83. The van der Waals surface area contributed by atoms with Gasteiger partial charge in [-0.2, -0.15) is 0 Å². The molecule has 1 aliphatic rings. The lowest BCUT2D eigenvalue weighted by Gasteiger charge is -2.10. The van der Waals surface area contributed by atoms with E-state index in [-0.39, 0.29) is 23.4 Å². The van der Waals surface area contributed by atoms with Gasteiger partial charge in [-0.25, -0.2) is 0 Å². The van der Waals surface area contributed by atoms with Gasteiger partial charge in [0, 0.05) is 23.6 Å². The Labute approximate surface area is 172 Å². The van der Waals surface area contributed by atoms with E-state index in [1.165, 1.54) is 10.6 Å². The third-order valence-corrected chi connectivity index (χ3v) is 4.96. The van der Waals surface area contributed by atoms with E-state index in [1.54, 1.807) is 60.8 Å². The van der Waals surface area contributed by atoms with Crippen LogP contribution in [-0.4, -0.2) is 22.4 Å². The minimum Gasteiger partial charge on any atom is -0.349 e. The molecule has 0 aliphatic heterocycles. The lowest BCUT2D eigenvalue weighted by molar-refractivity contribution is 0.0948. The van der Waals surface area contributed by atoms with Crippen molar-refractivity contribution in [3.8, 4) is 5.69 Å². The topological polar surface area (TPSA) is 80.2 Å². The number of halogens is 1. The highest BCUT2D eigenvalue weighted by Crippen LogP contribution is 2.20. The lowest BCUT2D eigenvalue weighted by atomic mass is 10.2. The van der Waals surface area contributed by atoms with E-state index in [0.29, 0.717) is 22.0 Å². The van der Waals surface area contributed by atoms with Gasteiger partial charge in [0.25, 0.3) is 17.4 Å². The van der Waals surface area contributed by atoms with Gasteiger partial charge in [-0.15, -0.1) is 0 Å². The average molecular weight is 408 g/mol. The summed E-state index contributed by atoms with van der Waals surface area (Å²) >= 11 is 6.05. The van der Waals surface area contributed by atoms with E-state index in [1.807, 2.05) is 0 Å². The number of nitrogens with one attached hydrogen (secondary N) is 2. The van der Waals surface area contributed by atoms with Gasteiger partial charge in [-0.05, 0) is 61.4 Å². The molecule has 1 aliphatic carbocycles. The van der Waals surface area contributed by atoms with Crippen LogP contribution in [0.3, 0.4) is 0 Å². The third kappa shape index (κ3) is 4.22. The molecule has 2 N–H and O–H groups in total. The fraction of sp³-hybridized carbons (Fsp3) is 0.136. The van der Waals surface area contributed by atoms with Crippen molar-refractivity contribution < 1.29 is 9.59 Å². The molecular weight excluding hydrogens is 390 g/mol. The quantitative estimate of drug-likeness (QED) is 0.677. The predicted molar refractivity (Wildman–Crippen MR) is 112 cm³/mol. The second kappa shape index (κ2) is 7.93. The maximum absolute atomic E-state index is 12.7. The molecule has 0 unspecified atom stereocenters. The van der Waals surface area contributed by atoms with Gasteiger partial charge in [0.2, 0.25) is 0 Å². The van der Waals surface area contributed by atoms with Gasteiger partial charge < -0.3 is 10.6 Å². The molecule has 4 rings (SSSR count). The van der Waals surface area contributed by atoms with Crippen LogP contribution in [0, 0.1) is 0 Å². The molecule has 29 heavy (non-hydrogen) atoms. The summed E-state index contributed by atoms with van der Waals surface area (Å²) in [6, 6.07) is 16.9. The normalized spacial score (nSPS) is 13.0. The van der Waals surface area contributed by atoms with Crippen molar-refractivity contribution >= 4 is 29.1 Å². The monoisotopic (exact) mass is 407 g/mol. The molecule has 0 saturated heterocycles. The molecule has 2 amide bonds. The number of carbonyl (C=O) groups is 2. The summed E-state index contributed by atoms with van der Waals surface area (Å²) < 4.78 is 1.40. The van der Waals surface area contributed by atoms with Crippen molar-refractivity contribution in [1.29, 1.82) is 0 Å². The van der Waals surface area contributed by atoms with E-state index < -0.39 is 5.56 Å². The Kier molecular flexibility index (Phi) is 5.18. The molecule has 1 saturated carbocycles. The Balaban J connectivity index is 1.53. The minimum absolute atomic E-state index is 0.107. The molecule has 146 valence electrons. The fourth-order valence-corrected chi connectivity index (χ4v) is 3.13. The predicted octanol–water partition coefficient (Wildman–Crippen LogP) is 3.64. The highest BCUT2D eigenvalue weighted by Gasteiger charge is 2.25. The molecule has 3 aromatic rings.